The number of hydrogen-bond acceptors (Lipinski definition) is 2. The third kappa shape index (κ3) is 21.9. The molecule has 0 aromatic heterocycles. The van der Waals surface area contributed by atoms with Crippen LogP contribution in [0, 0.1) is 0 Å². The first-order valence-corrected chi connectivity index (χ1v) is 10.4. The van der Waals surface area contributed by atoms with Gasteiger partial charge in [-0.25, -0.2) is 0 Å². The highest BCUT2D eigenvalue weighted by Crippen LogP contribution is 2.13. The van der Waals surface area contributed by atoms with Gasteiger partial charge < -0.3 is 4.74 Å². The van der Waals surface area contributed by atoms with E-state index >= 15 is 0 Å². The molecule has 0 atom stereocenters. The maximum absolute atomic E-state index is 10.5. The normalized spacial score (nSPS) is 11.0. The van der Waals surface area contributed by atoms with Gasteiger partial charge in [-0.05, 0) is 18.0 Å². The smallest absolute Gasteiger partial charge is 0.247 e. The molecule has 0 aromatic carbocycles. The molecule has 0 radical (unpaired) electrons. The summed E-state index contributed by atoms with van der Waals surface area (Å²) in [5.41, 5.74) is 0. The summed E-state index contributed by atoms with van der Waals surface area (Å²) in [5, 5.41) is -0.401. The summed E-state index contributed by atoms with van der Waals surface area (Å²) >= 11 is 5.19. The Hall–Kier alpha value is -0.0800. The van der Waals surface area contributed by atoms with Gasteiger partial charge in [0.1, 0.15) is 6.61 Å². The van der Waals surface area contributed by atoms with E-state index in [0.717, 1.165) is 6.42 Å². The number of rotatable bonds is 19. The lowest BCUT2D eigenvalue weighted by molar-refractivity contribution is -0.115. The Labute approximate surface area is 149 Å². The lowest BCUT2D eigenvalue weighted by Gasteiger charge is -2.04. The van der Waals surface area contributed by atoms with E-state index in [2.05, 4.69) is 6.92 Å². The number of carbonyl (C=O) groups is 1. The molecular formula is C20H39ClO2. The molecule has 138 valence electrons. The van der Waals surface area contributed by atoms with Gasteiger partial charge >= 0.3 is 0 Å². The van der Waals surface area contributed by atoms with Crippen LogP contribution >= 0.6 is 11.6 Å². The van der Waals surface area contributed by atoms with Crippen molar-refractivity contribution in [1.29, 1.82) is 0 Å². The highest BCUT2D eigenvalue weighted by molar-refractivity contribution is 6.63. The Kier molecular flexibility index (Phi) is 19.9. The molecule has 0 bridgehead atoms. The van der Waals surface area contributed by atoms with Crippen LogP contribution < -0.4 is 0 Å². The van der Waals surface area contributed by atoms with E-state index in [9.17, 15) is 4.79 Å². The first kappa shape index (κ1) is 22.9. The number of carbonyl (C=O) groups excluding carboxylic acids is 1. The van der Waals surface area contributed by atoms with Crippen LogP contribution in [0.5, 0.6) is 0 Å². The van der Waals surface area contributed by atoms with Gasteiger partial charge in [-0.3, -0.25) is 4.79 Å². The van der Waals surface area contributed by atoms with E-state index in [4.69, 9.17) is 16.3 Å². The highest BCUT2D eigenvalue weighted by Gasteiger charge is 1.96. The minimum absolute atomic E-state index is 0.0558. The van der Waals surface area contributed by atoms with Crippen LogP contribution in [0.4, 0.5) is 0 Å². The molecule has 0 fully saturated rings. The minimum atomic E-state index is -0.401. The van der Waals surface area contributed by atoms with E-state index in [1.54, 1.807) is 0 Å². The molecule has 0 aromatic rings. The average Bonchev–Trinajstić information content (AvgIpc) is 2.53. The maximum Gasteiger partial charge on any atom is 0.247 e. The number of unbranched alkanes of at least 4 members (excludes halogenated alkanes) is 15. The molecule has 0 N–H and O–H groups in total. The molecule has 23 heavy (non-hydrogen) atoms. The van der Waals surface area contributed by atoms with E-state index in [1.165, 1.54) is 96.3 Å². The summed E-state index contributed by atoms with van der Waals surface area (Å²) in [6, 6.07) is 0. The van der Waals surface area contributed by atoms with Crippen LogP contribution in [0.1, 0.15) is 110 Å². The fourth-order valence-corrected chi connectivity index (χ4v) is 2.98. The van der Waals surface area contributed by atoms with Gasteiger partial charge in [0.2, 0.25) is 5.24 Å². The third-order valence-corrected chi connectivity index (χ3v) is 4.47. The molecular weight excluding hydrogens is 308 g/mol. The van der Waals surface area contributed by atoms with Gasteiger partial charge in [-0.1, -0.05) is 103 Å². The van der Waals surface area contributed by atoms with Gasteiger partial charge in [-0.2, -0.15) is 0 Å². The maximum atomic E-state index is 10.5. The second-order valence-electron chi connectivity index (χ2n) is 6.71. The Morgan fingerprint density at radius 2 is 1.00 bits per heavy atom. The first-order chi connectivity index (χ1) is 11.3. The zero-order valence-corrected chi connectivity index (χ0v) is 16.2. The summed E-state index contributed by atoms with van der Waals surface area (Å²) in [7, 11) is 0. The highest BCUT2D eigenvalue weighted by atomic mass is 35.5. The van der Waals surface area contributed by atoms with Gasteiger partial charge in [0.25, 0.3) is 0 Å². The lowest BCUT2D eigenvalue weighted by atomic mass is 10.0. The molecule has 0 amide bonds. The fraction of sp³-hybridized carbons (Fsp3) is 0.950. The lowest BCUT2D eigenvalue weighted by Crippen LogP contribution is -2.02. The molecule has 0 saturated carbocycles. The van der Waals surface area contributed by atoms with Gasteiger partial charge in [0, 0.05) is 6.61 Å². The van der Waals surface area contributed by atoms with Gasteiger partial charge in [-0.15, -0.1) is 0 Å². The summed E-state index contributed by atoms with van der Waals surface area (Å²) in [6.45, 7) is 3.00. The zero-order valence-electron chi connectivity index (χ0n) is 15.4. The Bertz CT molecular complexity index is 244. The van der Waals surface area contributed by atoms with Crippen molar-refractivity contribution < 1.29 is 9.53 Å². The quantitative estimate of drug-likeness (QED) is 0.185. The fourth-order valence-electron chi connectivity index (χ4n) is 2.90. The topological polar surface area (TPSA) is 26.3 Å². The second kappa shape index (κ2) is 20.0. The molecule has 0 spiro atoms. The Balaban J connectivity index is 2.96. The first-order valence-electron chi connectivity index (χ1n) is 10.0. The van der Waals surface area contributed by atoms with Crippen LogP contribution in [0.15, 0.2) is 0 Å². The zero-order chi connectivity index (χ0) is 17.0. The molecule has 0 unspecified atom stereocenters. The largest absolute Gasteiger partial charge is 0.372 e. The minimum Gasteiger partial charge on any atom is -0.372 e. The predicted octanol–water partition coefficient (Wildman–Crippen LogP) is 7.03. The summed E-state index contributed by atoms with van der Waals surface area (Å²) in [5.74, 6) is 0. The molecule has 0 heterocycles. The Morgan fingerprint density at radius 1 is 0.652 bits per heavy atom. The molecule has 0 rings (SSSR count). The van der Waals surface area contributed by atoms with E-state index < -0.39 is 5.24 Å². The van der Waals surface area contributed by atoms with Crippen molar-refractivity contribution in [3.8, 4) is 0 Å². The molecule has 3 heteroatoms. The number of halogens is 1. The predicted molar refractivity (Wildman–Crippen MR) is 101 cm³/mol. The van der Waals surface area contributed by atoms with Crippen LogP contribution in [0.25, 0.3) is 0 Å². The second-order valence-corrected chi connectivity index (χ2v) is 7.13. The van der Waals surface area contributed by atoms with Crippen LogP contribution in [-0.4, -0.2) is 18.5 Å². The van der Waals surface area contributed by atoms with E-state index in [-0.39, 0.29) is 6.61 Å². The van der Waals surface area contributed by atoms with Crippen molar-refractivity contribution in [2.45, 2.75) is 110 Å². The standard InChI is InChI=1S/C20H39ClO2/c1-2-3-4-5-6-7-8-9-10-11-12-13-14-15-16-17-18-23-19-20(21)22/h2-19H2,1H3. The van der Waals surface area contributed by atoms with Crippen LogP contribution in [-0.2, 0) is 9.53 Å². The summed E-state index contributed by atoms with van der Waals surface area (Å²) < 4.78 is 5.13. The molecule has 0 aliphatic heterocycles. The van der Waals surface area contributed by atoms with Gasteiger partial charge in [0.15, 0.2) is 0 Å². The number of hydrogen-bond donors (Lipinski definition) is 0. The van der Waals surface area contributed by atoms with E-state index in [1.807, 2.05) is 0 Å². The molecule has 0 saturated heterocycles. The van der Waals surface area contributed by atoms with Crippen molar-refractivity contribution >= 4 is 16.8 Å². The van der Waals surface area contributed by atoms with Crippen molar-refractivity contribution in [3.63, 3.8) is 0 Å². The van der Waals surface area contributed by atoms with Gasteiger partial charge in [0.05, 0.1) is 0 Å². The van der Waals surface area contributed by atoms with Crippen molar-refractivity contribution in [3.05, 3.63) is 0 Å². The van der Waals surface area contributed by atoms with Crippen molar-refractivity contribution in [2.24, 2.45) is 0 Å². The number of ether oxygens (including phenoxy) is 1. The molecule has 0 aliphatic carbocycles. The summed E-state index contributed by atoms with van der Waals surface area (Å²) in [6.07, 6.45) is 21.9. The molecule has 0 aliphatic rings. The van der Waals surface area contributed by atoms with Crippen LogP contribution in [0.2, 0.25) is 0 Å². The van der Waals surface area contributed by atoms with Crippen LogP contribution in [0.3, 0.4) is 0 Å². The van der Waals surface area contributed by atoms with E-state index in [0.29, 0.717) is 6.61 Å². The van der Waals surface area contributed by atoms with Crippen molar-refractivity contribution in [2.75, 3.05) is 13.2 Å². The summed E-state index contributed by atoms with van der Waals surface area (Å²) in [4.78, 5) is 10.5. The van der Waals surface area contributed by atoms with Crippen molar-refractivity contribution in [1.82, 2.24) is 0 Å². The average molecular weight is 347 g/mol. The molecule has 2 nitrogen and oxygen atoms in total. The Morgan fingerprint density at radius 3 is 1.35 bits per heavy atom. The third-order valence-electron chi connectivity index (χ3n) is 4.36. The SMILES string of the molecule is CCCCCCCCCCCCCCCCCCOCC(=O)Cl. The monoisotopic (exact) mass is 346 g/mol.